The average Bonchev–Trinajstić information content (AvgIpc) is 2.64. The summed E-state index contributed by atoms with van der Waals surface area (Å²) in [6.07, 6.45) is 0.504. The van der Waals surface area contributed by atoms with Crippen LogP contribution in [0, 0.1) is 6.92 Å². The summed E-state index contributed by atoms with van der Waals surface area (Å²) in [6, 6.07) is 12.1. The minimum atomic E-state index is -0.766. The van der Waals surface area contributed by atoms with Gasteiger partial charge in [-0.05, 0) is 50.6 Å². The molecule has 6 heteroatoms. The van der Waals surface area contributed by atoms with Gasteiger partial charge in [0.15, 0.2) is 6.10 Å². The lowest BCUT2D eigenvalue weighted by Gasteiger charge is -2.13. The highest BCUT2D eigenvalue weighted by molar-refractivity contribution is 5.79. The maximum Gasteiger partial charge on any atom is 0.347 e. The fourth-order valence-corrected chi connectivity index (χ4v) is 2.55. The molecule has 0 saturated carbocycles. The van der Waals surface area contributed by atoms with Crippen LogP contribution in [0.1, 0.15) is 19.4 Å². The third-order valence-corrected chi connectivity index (χ3v) is 3.86. The van der Waals surface area contributed by atoms with Crippen LogP contribution >= 0.6 is 0 Å². The molecule has 6 nitrogen and oxygen atoms in total. The van der Waals surface area contributed by atoms with Gasteiger partial charge in [-0.15, -0.1) is 0 Å². The van der Waals surface area contributed by atoms with E-state index in [4.69, 9.17) is 18.6 Å². The Balaban J connectivity index is 1.85. The number of ether oxygens (including phenoxy) is 3. The van der Waals surface area contributed by atoms with Crippen molar-refractivity contribution >= 4 is 16.9 Å². The molecular weight excluding hydrogens is 348 g/mol. The van der Waals surface area contributed by atoms with Gasteiger partial charge in [0, 0.05) is 6.07 Å². The molecule has 0 bridgehead atoms. The van der Waals surface area contributed by atoms with Crippen molar-refractivity contribution in [1.29, 1.82) is 0 Å². The third kappa shape index (κ3) is 4.28. The van der Waals surface area contributed by atoms with E-state index in [2.05, 4.69) is 0 Å². The molecule has 2 aromatic carbocycles. The molecule has 0 aliphatic rings. The SMILES string of the molecule is CCOC(=O)[C@H](C)Oc1ccc2c(=O)c(Oc3cccc(C)c3)coc2c1. The number of rotatable bonds is 6. The summed E-state index contributed by atoms with van der Waals surface area (Å²) in [5.41, 5.74) is 1.07. The van der Waals surface area contributed by atoms with E-state index in [1.807, 2.05) is 25.1 Å². The Labute approximate surface area is 156 Å². The number of carbonyl (C=O) groups is 1. The molecule has 3 rings (SSSR count). The van der Waals surface area contributed by atoms with Crippen molar-refractivity contribution in [3.63, 3.8) is 0 Å². The van der Waals surface area contributed by atoms with Gasteiger partial charge in [-0.2, -0.15) is 0 Å². The number of esters is 1. The minimum Gasteiger partial charge on any atom is -0.479 e. The van der Waals surface area contributed by atoms with E-state index < -0.39 is 12.1 Å². The van der Waals surface area contributed by atoms with Gasteiger partial charge in [-0.25, -0.2) is 4.79 Å². The lowest BCUT2D eigenvalue weighted by molar-refractivity contribution is -0.150. The molecule has 0 aliphatic carbocycles. The first kappa shape index (κ1) is 18.5. The van der Waals surface area contributed by atoms with E-state index in [-0.39, 0.29) is 17.8 Å². The monoisotopic (exact) mass is 368 g/mol. The highest BCUT2D eigenvalue weighted by atomic mass is 16.6. The van der Waals surface area contributed by atoms with Gasteiger partial charge in [0.2, 0.25) is 11.2 Å². The molecule has 0 amide bonds. The number of benzene rings is 2. The average molecular weight is 368 g/mol. The molecule has 0 fully saturated rings. The van der Waals surface area contributed by atoms with Crippen LogP contribution in [0.25, 0.3) is 11.0 Å². The lowest BCUT2D eigenvalue weighted by atomic mass is 10.2. The van der Waals surface area contributed by atoms with Crippen LogP contribution in [-0.4, -0.2) is 18.7 Å². The molecule has 0 unspecified atom stereocenters. The Morgan fingerprint density at radius 2 is 1.96 bits per heavy atom. The van der Waals surface area contributed by atoms with Crippen molar-refractivity contribution in [2.45, 2.75) is 26.9 Å². The topological polar surface area (TPSA) is 75.0 Å². The van der Waals surface area contributed by atoms with Crippen LogP contribution in [-0.2, 0) is 9.53 Å². The van der Waals surface area contributed by atoms with Crippen molar-refractivity contribution in [2.24, 2.45) is 0 Å². The fraction of sp³-hybridized carbons (Fsp3) is 0.238. The van der Waals surface area contributed by atoms with Crippen LogP contribution in [0.4, 0.5) is 0 Å². The molecule has 0 aliphatic heterocycles. The van der Waals surface area contributed by atoms with Gasteiger partial charge in [0.25, 0.3) is 0 Å². The second-order valence-electron chi connectivity index (χ2n) is 6.02. The van der Waals surface area contributed by atoms with E-state index in [0.29, 0.717) is 22.5 Å². The number of aryl methyl sites for hydroxylation is 1. The Bertz CT molecular complexity index is 1020. The standard InChI is InChI=1S/C21H20O6/c1-4-24-21(23)14(3)26-16-8-9-17-18(11-16)25-12-19(20(17)22)27-15-7-5-6-13(2)10-15/h5-12,14H,4H2,1-3H3/t14-/m0/s1. The van der Waals surface area contributed by atoms with Gasteiger partial charge in [-0.1, -0.05) is 12.1 Å². The quantitative estimate of drug-likeness (QED) is 0.606. The van der Waals surface area contributed by atoms with Crippen molar-refractivity contribution in [3.8, 4) is 17.2 Å². The first-order valence-electron chi connectivity index (χ1n) is 8.61. The summed E-state index contributed by atoms with van der Waals surface area (Å²) in [5, 5.41) is 0.358. The Kier molecular flexibility index (Phi) is 5.45. The largest absolute Gasteiger partial charge is 0.479 e. The van der Waals surface area contributed by atoms with E-state index >= 15 is 0 Å². The van der Waals surface area contributed by atoms with Crippen LogP contribution in [0.5, 0.6) is 17.2 Å². The molecule has 0 saturated heterocycles. The molecule has 0 N–H and O–H groups in total. The van der Waals surface area contributed by atoms with Crippen molar-refractivity contribution in [3.05, 3.63) is 64.5 Å². The highest BCUT2D eigenvalue weighted by Gasteiger charge is 2.17. The summed E-state index contributed by atoms with van der Waals surface area (Å²) < 4.78 is 21.6. The van der Waals surface area contributed by atoms with Crippen LogP contribution in [0.2, 0.25) is 0 Å². The molecule has 3 aromatic rings. The molecule has 0 radical (unpaired) electrons. The zero-order valence-corrected chi connectivity index (χ0v) is 15.4. The summed E-state index contributed by atoms with van der Waals surface area (Å²) in [5.74, 6) is 0.603. The molecule has 1 atom stereocenters. The maximum absolute atomic E-state index is 12.6. The van der Waals surface area contributed by atoms with E-state index in [9.17, 15) is 9.59 Å². The summed E-state index contributed by atoms with van der Waals surface area (Å²) in [6.45, 7) is 5.54. The first-order chi connectivity index (χ1) is 13.0. The van der Waals surface area contributed by atoms with Crippen LogP contribution < -0.4 is 14.9 Å². The van der Waals surface area contributed by atoms with E-state index in [1.54, 1.807) is 38.1 Å². The van der Waals surface area contributed by atoms with E-state index in [1.165, 1.54) is 6.26 Å². The normalized spacial score (nSPS) is 11.8. The third-order valence-electron chi connectivity index (χ3n) is 3.86. The van der Waals surface area contributed by atoms with Gasteiger partial charge in [0.1, 0.15) is 23.3 Å². The van der Waals surface area contributed by atoms with E-state index in [0.717, 1.165) is 5.56 Å². The summed E-state index contributed by atoms with van der Waals surface area (Å²) in [4.78, 5) is 24.3. The molecule has 0 spiro atoms. The molecule has 140 valence electrons. The van der Waals surface area contributed by atoms with Gasteiger partial charge in [-0.3, -0.25) is 4.79 Å². The Morgan fingerprint density at radius 1 is 1.15 bits per heavy atom. The lowest BCUT2D eigenvalue weighted by Crippen LogP contribution is -2.26. The molecule has 27 heavy (non-hydrogen) atoms. The first-order valence-corrected chi connectivity index (χ1v) is 8.61. The zero-order chi connectivity index (χ0) is 19.4. The number of fused-ring (bicyclic) bond motifs is 1. The Hall–Kier alpha value is -3.28. The smallest absolute Gasteiger partial charge is 0.347 e. The van der Waals surface area contributed by atoms with Crippen molar-refractivity contribution in [2.75, 3.05) is 6.61 Å². The van der Waals surface area contributed by atoms with Gasteiger partial charge < -0.3 is 18.6 Å². The van der Waals surface area contributed by atoms with Crippen LogP contribution in [0.15, 0.2) is 57.9 Å². The summed E-state index contributed by atoms with van der Waals surface area (Å²) >= 11 is 0. The highest BCUT2D eigenvalue weighted by Crippen LogP contribution is 2.25. The van der Waals surface area contributed by atoms with Gasteiger partial charge in [0.05, 0.1) is 12.0 Å². The Morgan fingerprint density at radius 3 is 2.70 bits per heavy atom. The maximum atomic E-state index is 12.6. The zero-order valence-electron chi connectivity index (χ0n) is 15.4. The van der Waals surface area contributed by atoms with Crippen molar-refractivity contribution in [1.82, 2.24) is 0 Å². The van der Waals surface area contributed by atoms with Crippen molar-refractivity contribution < 1.29 is 23.4 Å². The predicted molar refractivity (Wildman–Crippen MR) is 100 cm³/mol. The second kappa shape index (κ2) is 7.95. The van der Waals surface area contributed by atoms with Gasteiger partial charge >= 0.3 is 5.97 Å². The molecular formula is C21H20O6. The number of hydrogen-bond acceptors (Lipinski definition) is 6. The summed E-state index contributed by atoms with van der Waals surface area (Å²) in [7, 11) is 0. The fourth-order valence-electron chi connectivity index (χ4n) is 2.55. The minimum absolute atomic E-state index is 0.0988. The number of carbonyl (C=O) groups excluding carboxylic acids is 1. The second-order valence-corrected chi connectivity index (χ2v) is 6.02. The predicted octanol–water partition coefficient (Wildman–Crippen LogP) is 4.22. The molecule has 1 heterocycles. The number of hydrogen-bond donors (Lipinski definition) is 0. The molecule has 1 aromatic heterocycles. The van der Waals surface area contributed by atoms with Crippen LogP contribution in [0.3, 0.4) is 0 Å².